The van der Waals surface area contributed by atoms with Gasteiger partial charge in [-0.1, -0.05) is 72.8 Å². The van der Waals surface area contributed by atoms with Crippen LogP contribution >= 0.6 is 0 Å². The molecule has 0 N–H and O–H groups in total. The van der Waals surface area contributed by atoms with E-state index in [1.807, 2.05) is 24.3 Å². The van der Waals surface area contributed by atoms with Crippen LogP contribution in [-0.2, 0) is 0 Å². The number of hydrogen-bond donors (Lipinski definition) is 0. The maximum absolute atomic E-state index is 10.7. The third-order valence-electron chi connectivity index (χ3n) is 3.39. The molecule has 0 amide bonds. The van der Waals surface area contributed by atoms with Crippen LogP contribution in [0.25, 0.3) is 22.9 Å². The molecule has 102 valence electrons. The molecule has 3 heteroatoms. The zero-order valence-electron chi connectivity index (χ0n) is 12.3. The van der Waals surface area contributed by atoms with Crippen LogP contribution in [0.4, 0.5) is 0 Å². The first-order chi connectivity index (χ1) is 10.2. The molecule has 22 heavy (non-hydrogen) atoms. The minimum absolute atomic E-state index is 0. The van der Waals surface area contributed by atoms with Gasteiger partial charge in [0.1, 0.15) is 0 Å². The molecule has 0 spiro atoms. The van der Waals surface area contributed by atoms with Gasteiger partial charge in [-0.05, 0) is 33.5 Å². The van der Waals surface area contributed by atoms with Crippen molar-refractivity contribution in [1.82, 2.24) is 0 Å². The van der Waals surface area contributed by atoms with Gasteiger partial charge < -0.3 is 9.90 Å². The summed E-state index contributed by atoms with van der Waals surface area (Å²) in [6.45, 7) is 0. The Hall–Kier alpha value is -1.87. The van der Waals surface area contributed by atoms with E-state index >= 15 is 0 Å². The first-order valence-corrected chi connectivity index (χ1v) is 6.71. The molecule has 0 fully saturated rings. The number of carboxylic acids is 1. The van der Waals surface area contributed by atoms with Gasteiger partial charge in [0.2, 0.25) is 0 Å². The Morgan fingerprint density at radius 2 is 1.36 bits per heavy atom. The summed E-state index contributed by atoms with van der Waals surface area (Å²) in [7, 11) is 0. The Kier molecular flexibility index (Phi) is 5.56. The zero-order chi connectivity index (χ0) is 14.7. The van der Waals surface area contributed by atoms with E-state index in [1.165, 1.54) is 10.8 Å². The maximum Gasteiger partial charge on any atom is 1.00 e. The second-order valence-corrected chi connectivity index (χ2v) is 4.85. The molecule has 2 nitrogen and oxygen atoms in total. The van der Waals surface area contributed by atoms with Gasteiger partial charge >= 0.3 is 29.6 Å². The van der Waals surface area contributed by atoms with E-state index in [9.17, 15) is 9.90 Å². The van der Waals surface area contributed by atoms with Crippen molar-refractivity contribution in [3.05, 3.63) is 83.4 Å². The first-order valence-electron chi connectivity index (χ1n) is 6.71. The summed E-state index contributed by atoms with van der Waals surface area (Å²) in [6, 6.07) is 21.1. The molecule has 0 unspecified atom stereocenters. The Morgan fingerprint density at radius 1 is 0.773 bits per heavy atom. The van der Waals surface area contributed by atoms with Crippen LogP contribution in [0, 0.1) is 0 Å². The SMILES string of the molecule is O=C([O-])c1ccc(C=Cc2ccc3ccccc3c2)cc1.[Na+]. The minimum Gasteiger partial charge on any atom is -0.545 e. The fraction of sp³-hybridized carbons (Fsp3) is 0. The Balaban J connectivity index is 0.00000176. The van der Waals surface area contributed by atoms with Crippen molar-refractivity contribution in [1.29, 1.82) is 0 Å². The quantitative estimate of drug-likeness (QED) is 0.518. The van der Waals surface area contributed by atoms with Gasteiger partial charge in [-0.2, -0.15) is 0 Å². The van der Waals surface area contributed by atoms with Crippen LogP contribution in [0.5, 0.6) is 0 Å². The molecule has 3 aromatic carbocycles. The van der Waals surface area contributed by atoms with Crippen molar-refractivity contribution in [3.63, 3.8) is 0 Å². The molecule has 0 atom stereocenters. The second kappa shape index (κ2) is 7.41. The van der Waals surface area contributed by atoms with Crippen molar-refractivity contribution in [2.24, 2.45) is 0 Å². The van der Waals surface area contributed by atoms with Gasteiger partial charge in [0.25, 0.3) is 0 Å². The van der Waals surface area contributed by atoms with E-state index in [4.69, 9.17) is 0 Å². The van der Waals surface area contributed by atoms with Crippen molar-refractivity contribution >= 4 is 28.9 Å². The second-order valence-electron chi connectivity index (χ2n) is 4.85. The first kappa shape index (κ1) is 16.5. The summed E-state index contributed by atoms with van der Waals surface area (Å²) in [5, 5.41) is 13.1. The van der Waals surface area contributed by atoms with Crippen molar-refractivity contribution < 1.29 is 39.5 Å². The number of benzene rings is 3. The standard InChI is InChI=1S/C19H14O2.Na/c20-19(21)17-11-7-14(8-12-17)5-6-15-9-10-16-3-1-2-4-18(16)13-15;/h1-13H,(H,20,21);/q;+1/p-1. The topological polar surface area (TPSA) is 40.1 Å². The number of carbonyl (C=O) groups is 1. The number of rotatable bonds is 3. The third-order valence-corrected chi connectivity index (χ3v) is 3.39. The van der Waals surface area contributed by atoms with Gasteiger partial charge in [0.05, 0.1) is 5.97 Å². The summed E-state index contributed by atoms with van der Waals surface area (Å²) >= 11 is 0. The number of hydrogen-bond acceptors (Lipinski definition) is 2. The summed E-state index contributed by atoms with van der Waals surface area (Å²) in [4.78, 5) is 10.7. The molecule has 0 aliphatic rings. The van der Waals surface area contributed by atoms with Crippen LogP contribution in [-0.4, -0.2) is 5.97 Å². The third kappa shape index (κ3) is 3.86. The fourth-order valence-electron chi connectivity index (χ4n) is 2.23. The van der Waals surface area contributed by atoms with Crippen molar-refractivity contribution in [3.8, 4) is 0 Å². The number of carboxylic acid groups (broad SMARTS) is 1. The summed E-state index contributed by atoms with van der Waals surface area (Å²) in [6.07, 6.45) is 3.98. The Bertz CT molecular complexity index is 820. The molecule has 0 aliphatic carbocycles. The Morgan fingerprint density at radius 3 is 2.05 bits per heavy atom. The van der Waals surface area contributed by atoms with Crippen LogP contribution in [0.3, 0.4) is 0 Å². The van der Waals surface area contributed by atoms with Gasteiger partial charge in [0.15, 0.2) is 0 Å². The minimum atomic E-state index is -1.15. The molecule has 0 radical (unpaired) electrons. The molecular formula is C19H13NaO2. The van der Waals surface area contributed by atoms with Gasteiger partial charge in [0, 0.05) is 0 Å². The monoisotopic (exact) mass is 296 g/mol. The van der Waals surface area contributed by atoms with E-state index in [-0.39, 0.29) is 35.1 Å². The molecule has 0 bridgehead atoms. The molecule has 0 saturated heterocycles. The maximum atomic E-state index is 10.7. The van der Waals surface area contributed by atoms with E-state index in [0.29, 0.717) is 0 Å². The molecule has 3 aromatic rings. The summed E-state index contributed by atoms with van der Waals surface area (Å²) < 4.78 is 0. The van der Waals surface area contributed by atoms with E-state index < -0.39 is 5.97 Å². The normalized spacial score (nSPS) is 10.5. The number of carbonyl (C=O) groups excluding carboxylic acids is 1. The van der Waals surface area contributed by atoms with Gasteiger partial charge in [-0.25, -0.2) is 0 Å². The van der Waals surface area contributed by atoms with Crippen LogP contribution in [0.2, 0.25) is 0 Å². The number of aromatic carboxylic acids is 1. The van der Waals surface area contributed by atoms with Gasteiger partial charge in [-0.15, -0.1) is 0 Å². The van der Waals surface area contributed by atoms with Gasteiger partial charge in [-0.3, -0.25) is 0 Å². The van der Waals surface area contributed by atoms with Crippen LogP contribution in [0.15, 0.2) is 66.7 Å². The van der Waals surface area contributed by atoms with Crippen molar-refractivity contribution in [2.45, 2.75) is 0 Å². The molecule has 0 saturated carbocycles. The van der Waals surface area contributed by atoms with Crippen LogP contribution < -0.4 is 34.7 Å². The van der Waals surface area contributed by atoms with Crippen LogP contribution in [0.1, 0.15) is 21.5 Å². The molecule has 0 aliphatic heterocycles. The van der Waals surface area contributed by atoms with E-state index in [1.54, 1.807) is 24.3 Å². The fourth-order valence-corrected chi connectivity index (χ4v) is 2.23. The molecular weight excluding hydrogens is 283 g/mol. The average Bonchev–Trinajstić information content (AvgIpc) is 2.53. The molecule has 0 aromatic heterocycles. The predicted octanol–water partition coefficient (Wildman–Crippen LogP) is 0.378. The largest absolute Gasteiger partial charge is 1.00 e. The average molecular weight is 296 g/mol. The molecule has 3 rings (SSSR count). The number of fused-ring (bicyclic) bond motifs is 1. The summed E-state index contributed by atoms with van der Waals surface area (Å²) in [5.41, 5.74) is 2.25. The van der Waals surface area contributed by atoms with E-state index in [2.05, 4.69) is 30.3 Å². The predicted molar refractivity (Wildman–Crippen MR) is 83.6 cm³/mol. The molecule has 0 heterocycles. The smallest absolute Gasteiger partial charge is 0.545 e. The Labute approximate surface area is 151 Å². The zero-order valence-corrected chi connectivity index (χ0v) is 14.3. The van der Waals surface area contributed by atoms with E-state index in [0.717, 1.165) is 11.1 Å². The summed E-state index contributed by atoms with van der Waals surface area (Å²) in [5.74, 6) is -1.15. The van der Waals surface area contributed by atoms with Crippen molar-refractivity contribution in [2.75, 3.05) is 0 Å².